The van der Waals surface area contributed by atoms with Crippen LogP contribution in [0.3, 0.4) is 0 Å². The van der Waals surface area contributed by atoms with Gasteiger partial charge in [-0.15, -0.1) is 8.67 Å². The minimum absolute atomic E-state index is 0.492. The molecule has 5 aromatic rings. The Morgan fingerprint density at radius 3 is 2.09 bits per heavy atom. The van der Waals surface area contributed by atoms with Crippen LogP contribution >= 0.6 is 93.6 Å². The summed E-state index contributed by atoms with van der Waals surface area (Å²) in [5.41, 5.74) is 7.54. The maximum absolute atomic E-state index is 8.58. The van der Waals surface area contributed by atoms with Gasteiger partial charge in [0.05, 0.1) is 36.5 Å². The van der Waals surface area contributed by atoms with Crippen LogP contribution < -0.4 is 14.4 Å². The molecule has 1 aromatic heterocycles. The highest BCUT2D eigenvalue weighted by Crippen LogP contribution is 2.49. The van der Waals surface area contributed by atoms with Crippen LogP contribution in [0.1, 0.15) is 30.7 Å². The molecule has 0 radical (unpaired) electrons. The zero-order valence-electron chi connectivity index (χ0n) is 30.6. The number of thioether (sulfide) groups is 1. The molecule has 4 aromatic carbocycles. The van der Waals surface area contributed by atoms with Crippen LogP contribution in [0.25, 0.3) is 16.3 Å². The molecular formula is C41H36Cl4N3O6S4+. The van der Waals surface area contributed by atoms with Gasteiger partial charge in [0.2, 0.25) is 5.52 Å². The molecule has 0 spiro atoms. The molecule has 0 saturated heterocycles. The van der Waals surface area contributed by atoms with Crippen molar-refractivity contribution in [3.63, 3.8) is 0 Å². The predicted octanol–water partition coefficient (Wildman–Crippen LogP) is 14.0. The van der Waals surface area contributed by atoms with Gasteiger partial charge in [-0.25, -0.2) is 10.5 Å². The molecule has 0 atom stereocenters. The van der Waals surface area contributed by atoms with E-state index in [1.807, 2.05) is 36.4 Å². The van der Waals surface area contributed by atoms with Gasteiger partial charge in [0.1, 0.15) is 4.70 Å². The van der Waals surface area contributed by atoms with Crippen LogP contribution in [-0.4, -0.2) is 28.6 Å². The number of hydrogen-bond acceptors (Lipinski definition) is 12. The molecule has 0 amide bonds. The van der Waals surface area contributed by atoms with Crippen LogP contribution in [-0.2, 0) is 25.3 Å². The van der Waals surface area contributed by atoms with Crippen molar-refractivity contribution < 1.29 is 33.8 Å². The third-order valence-corrected chi connectivity index (χ3v) is 14.2. The smallest absolute Gasteiger partial charge is 0.262 e. The highest BCUT2D eigenvalue weighted by molar-refractivity contribution is 8.03. The van der Waals surface area contributed by atoms with Crippen molar-refractivity contribution in [2.24, 2.45) is 0 Å². The fourth-order valence-electron chi connectivity index (χ4n) is 6.81. The molecule has 9 nitrogen and oxygen atoms in total. The van der Waals surface area contributed by atoms with E-state index >= 15 is 0 Å². The molecule has 58 heavy (non-hydrogen) atoms. The monoisotopic (exact) mass is 934 g/mol. The number of para-hydroxylation sites is 2. The van der Waals surface area contributed by atoms with E-state index in [1.54, 1.807) is 23.1 Å². The Labute approximate surface area is 373 Å². The quantitative estimate of drug-likeness (QED) is 0.0289. The maximum Gasteiger partial charge on any atom is 0.262 e. The molecule has 1 aliphatic heterocycles. The minimum Gasteiger partial charge on any atom is -0.335 e. The summed E-state index contributed by atoms with van der Waals surface area (Å²) in [6, 6.07) is 28.5. The predicted molar refractivity (Wildman–Crippen MR) is 242 cm³/mol. The summed E-state index contributed by atoms with van der Waals surface area (Å²) in [5, 5.41) is 28.8. The molecular weight excluding hydrogens is 901 g/mol. The number of allylic oxidation sites excluding steroid dienone is 5. The van der Waals surface area contributed by atoms with Crippen molar-refractivity contribution in [3.05, 3.63) is 150 Å². The Hall–Kier alpha value is -2.70. The zero-order valence-corrected chi connectivity index (χ0v) is 36.9. The summed E-state index contributed by atoms with van der Waals surface area (Å²) < 4.78 is 12.5. The molecule has 0 bridgehead atoms. The van der Waals surface area contributed by atoms with Gasteiger partial charge in [-0.3, -0.25) is 0 Å². The number of nitrogens with zero attached hydrogens (tertiary/aromatic N) is 3. The van der Waals surface area contributed by atoms with Gasteiger partial charge in [0, 0.05) is 77.0 Å². The standard InChI is InChI=1S/C41H35Cl4N3O6S4/c42-31-23-35-37(25-33(31)44)57-39(46(35)19-7-21-55-53-51-49)17-15-27-13-14-28(41(27)48(29-9-3-1-4-10-29)30-11-5-2-6-12-30)16-18-40-47(20-8-22-56-54-52-50)36-24-32(43)34(45)26-38(36)58-40/h1-6,9-12,15-18,23-26H,7-8,13-14,19-22H2,(H-,49,50)/p+1. The molecule has 0 unspecified atom stereocenters. The summed E-state index contributed by atoms with van der Waals surface area (Å²) in [6.07, 6.45) is 12.0. The third kappa shape index (κ3) is 10.4. The maximum atomic E-state index is 8.58. The second-order valence-electron chi connectivity index (χ2n) is 12.9. The Bertz CT molecular complexity index is 2310. The number of fused-ring (bicyclic) bond motifs is 2. The van der Waals surface area contributed by atoms with Crippen molar-refractivity contribution in [1.29, 1.82) is 0 Å². The molecule has 2 N–H and O–H groups in total. The van der Waals surface area contributed by atoms with Crippen LogP contribution in [0.2, 0.25) is 20.1 Å². The number of hydrogen-bond donors (Lipinski definition) is 2. The number of benzene rings is 4. The van der Waals surface area contributed by atoms with Crippen LogP contribution in [0.5, 0.6) is 0 Å². The number of anilines is 3. The number of rotatable bonds is 18. The number of thiazole rings is 1. The average Bonchev–Trinajstić information content (AvgIpc) is 3.89. The van der Waals surface area contributed by atoms with Crippen molar-refractivity contribution in [1.82, 2.24) is 0 Å². The zero-order chi connectivity index (χ0) is 40.4. The highest BCUT2D eigenvalue weighted by atomic mass is 35.5. The van der Waals surface area contributed by atoms with Gasteiger partial charge >= 0.3 is 0 Å². The molecule has 17 heteroatoms. The first-order chi connectivity index (χ1) is 28.4. The van der Waals surface area contributed by atoms with Crippen molar-refractivity contribution in [3.8, 4) is 0 Å². The molecule has 0 fully saturated rings. The van der Waals surface area contributed by atoms with E-state index in [2.05, 4.69) is 106 Å². The molecule has 2 heterocycles. The van der Waals surface area contributed by atoms with E-state index in [4.69, 9.17) is 56.9 Å². The van der Waals surface area contributed by atoms with Gasteiger partial charge < -0.3 is 9.80 Å². The molecule has 302 valence electrons. The van der Waals surface area contributed by atoms with E-state index in [9.17, 15) is 0 Å². The lowest BCUT2D eigenvalue weighted by Crippen LogP contribution is -2.35. The Morgan fingerprint density at radius 2 is 1.40 bits per heavy atom. The first-order valence-electron chi connectivity index (χ1n) is 18.0. The Balaban J connectivity index is 1.31. The second kappa shape index (κ2) is 21.2. The topological polar surface area (TPSA) is 87.7 Å². The molecule has 0 saturated carbocycles. The number of halogens is 4. The van der Waals surface area contributed by atoms with Crippen LogP contribution in [0.4, 0.5) is 17.1 Å². The fourth-order valence-corrected chi connectivity index (χ4v) is 10.5. The molecule has 1 aliphatic carbocycles. The highest BCUT2D eigenvalue weighted by Gasteiger charge is 2.29. The van der Waals surface area contributed by atoms with E-state index in [-0.39, 0.29) is 0 Å². The Kier molecular flexibility index (Phi) is 15.9. The van der Waals surface area contributed by atoms with Gasteiger partial charge in [-0.1, -0.05) is 122 Å². The summed E-state index contributed by atoms with van der Waals surface area (Å²) in [7, 11) is 0. The van der Waals surface area contributed by atoms with Gasteiger partial charge in [0.25, 0.3) is 5.01 Å². The first kappa shape index (κ1) is 43.4. The van der Waals surface area contributed by atoms with E-state index < -0.39 is 0 Å². The van der Waals surface area contributed by atoms with E-state index in [0.717, 1.165) is 97.7 Å². The first-order valence-corrected chi connectivity index (χ1v) is 23.0. The third-order valence-electron chi connectivity index (χ3n) is 9.30. The summed E-state index contributed by atoms with van der Waals surface area (Å²) in [5.74, 6) is 1.20. The lowest BCUT2D eigenvalue weighted by atomic mass is 10.1. The summed E-state index contributed by atoms with van der Waals surface area (Å²) in [4.78, 5) is 5.60. The average molecular weight is 937 g/mol. The van der Waals surface area contributed by atoms with Gasteiger partial charge in [-0.2, -0.15) is 4.57 Å². The van der Waals surface area contributed by atoms with E-state index in [0.29, 0.717) is 44.7 Å². The van der Waals surface area contributed by atoms with Crippen molar-refractivity contribution in [2.75, 3.05) is 27.9 Å². The van der Waals surface area contributed by atoms with Gasteiger partial charge in [0.15, 0.2) is 6.54 Å². The van der Waals surface area contributed by atoms with Crippen molar-refractivity contribution in [2.45, 2.75) is 37.1 Å². The number of aryl methyl sites for hydroxylation is 1. The van der Waals surface area contributed by atoms with Crippen molar-refractivity contribution >= 4 is 127 Å². The normalized spacial score (nSPS) is 15.6. The lowest BCUT2D eigenvalue weighted by molar-refractivity contribution is -0.668. The second-order valence-corrected chi connectivity index (χ2v) is 18.2. The number of aromatic nitrogens is 1. The molecule has 7 rings (SSSR count). The van der Waals surface area contributed by atoms with E-state index in [1.165, 1.54) is 11.1 Å². The lowest BCUT2D eigenvalue weighted by Gasteiger charge is -2.28. The van der Waals surface area contributed by atoms with Crippen LogP contribution in [0.15, 0.2) is 130 Å². The van der Waals surface area contributed by atoms with Gasteiger partial charge in [-0.05, 0) is 85.0 Å². The largest absolute Gasteiger partial charge is 0.335 e. The summed E-state index contributed by atoms with van der Waals surface area (Å²) in [6.45, 7) is 1.36. The summed E-state index contributed by atoms with van der Waals surface area (Å²) >= 11 is 31.4. The SMILES string of the molecule is OOOSCCCN1C(=CC=C2CCC(C=Cc3sc4cc(Cl)c(Cl)cc4[n+]3CCCSOOO)=C2N(c2ccccc2)c2ccccc2)Sc2cc(Cl)c(Cl)cc21. The Morgan fingerprint density at radius 1 is 0.759 bits per heavy atom. The van der Waals surface area contributed by atoms with Crippen LogP contribution in [0, 0.1) is 0 Å². The molecule has 2 aliphatic rings. The fraction of sp³-hybridized carbons (Fsp3) is 0.195. The minimum atomic E-state index is 0.492.